The van der Waals surface area contributed by atoms with Crippen LogP contribution in [0.1, 0.15) is 16.9 Å². The number of rotatable bonds is 5. The highest BCUT2D eigenvalue weighted by molar-refractivity contribution is 5.85. The average molecular weight is 315 g/mol. The van der Waals surface area contributed by atoms with Crippen LogP contribution in [0.5, 0.6) is 0 Å². The molecule has 1 atom stereocenters. The zero-order chi connectivity index (χ0) is 16.2. The van der Waals surface area contributed by atoms with Crippen molar-refractivity contribution in [1.29, 1.82) is 0 Å². The molecule has 2 aromatic rings. The number of nitrogens with zero attached hydrogens (tertiary/aromatic N) is 2. The summed E-state index contributed by atoms with van der Waals surface area (Å²) in [6, 6.07) is 11.5. The maximum atomic E-state index is 13.0. The average Bonchev–Trinajstić information content (AvgIpc) is 3.03. The van der Waals surface area contributed by atoms with E-state index in [1.807, 2.05) is 0 Å². The SMILES string of the molecule is O=C(O)c1cccc(NCC2CCN(c3ccc(F)cc3)C2)n1. The molecule has 0 amide bonds. The molecule has 1 fully saturated rings. The second-order valence-electron chi connectivity index (χ2n) is 5.67. The molecule has 2 heterocycles. The maximum absolute atomic E-state index is 13.0. The van der Waals surface area contributed by atoms with Crippen LogP contribution in [0.25, 0.3) is 0 Å². The van der Waals surface area contributed by atoms with Gasteiger partial charge in [0.25, 0.3) is 0 Å². The second-order valence-corrected chi connectivity index (χ2v) is 5.67. The molecule has 1 aromatic heterocycles. The number of pyridine rings is 1. The first kappa shape index (κ1) is 15.3. The quantitative estimate of drug-likeness (QED) is 0.888. The lowest BCUT2D eigenvalue weighted by atomic mass is 10.1. The van der Waals surface area contributed by atoms with E-state index in [2.05, 4.69) is 15.2 Å². The summed E-state index contributed by atoms with van der Waals surface area (Å²) in [5, 5.41) is 12.1. The van der Waals surface area contributed by atoms with Gasteiger partial charge in [0.05, 0.1) is 0 Å². The molecule has 6 heteroatoms. The Labute approximate surface area is 133 Å². The zero-order valence-corrected chi connectivity index (χ0v) is 12.6. The highest BCUT2D eigenvalue weighted by Crippen LogP contribution is 2.24. The first-order chi connectivity index (χ1) is 11.1. The molecule has 0 spiro atoms. The first-order valence-electron chi connectivity index (χ1n) is 7.56. The normalized spacial score (nSPS) is 17.3. The van der Waals surface area contributed by atoms with Gasteiger partial charge in [-0.3, -0.25) is 0 Å². The number of carboxylic acids is 1. The summed E-state index contributed by atoms with van der Waals surface area (Å²) in [5.74, 6) is -0.243. The first-order valence-corrected chi connectivity index (χ1v) is 7.56. The minimum absolute atomic E-state index is 0.0364. The lowest BCUT2D eigenvalue weighted by Gasteiger charge is -2.19. The number of hydrogen-bond donors (Lipinski definition) is 2. The fourth-order valence-electron chi connectivity index (χ4n) is 2.79. The summed E-state index contributed by atoms with van der Waals surface area (Å²) in [6.07, 6.45) is 1.03. The predicted octanol–water partition coefficient (Wildman–Crippen LogP) is 2.86. The minimum Gasteiger partial charge on any atom is -0.477 e. The third-order valence-corrected chi connectivity index (χ3v) is 4.02. The highest BCUT2D eigenvalue weighted by atomic mass is 19.1. The van der Waals surface area contributed by atoms with Crippen LogP contribution in [0, 0.1) is 11.7 Å². The summed E-state index contributed by atoms with van der Waals surface area (Å²) >= 11 is 0. The lowest BCUT2D eigenvalue weighted by molar-refractivity contribution is 0.0690. The van der Waals surface area contributed by atoms with Crippen LogP contribution in [-0.4, -0.2) is 35.7 Å². The number of benzene rings is 1. The second kappa shape index (κ2) is 6.64. The van der Waals surface area contributed by atoms with Gasteiger partial charge in [0, 0.05) is 25.3 Å². The molecule has 1 aliphatic heterocycles. The van der Waals surface area contributed by atoms with Crippen molar-refractivity contribution in [1.82, 2.24) is 4.98 Å². The van der Waals surface area contributed by atoms with Gasteiger partial charge in [-0.25, -0.2) is 14.2 Å². The van der Waals surface area contributed by atoms with Crippen molar-refractivity contribution in [2.75, 3.05) is 29.9 Å². The Kier molecular flexibility index (Phi) is 4.41. The molecule has 1 unspecified atom stereocenters. The molecular formula is C17H18FN3O2. The fraction of sp³-hybridized carbons (Fsp3) is 0.294. The Morgan fingerprint density at radius 3 is 2.83 bits per heavy atom. The fourth-order valence-corrected chi connectivity index (χ4v) is 2.79. The summed E-state index contributed by atoms with van der Waals surface area (Å²) in [7, 11) is 0. The minimum atomic E-state index is -1.03. The van der Waals surface area contributed by atoms with Crippen LogP contribution in [0.15, 0.2) is 42.5 Å². The van der Waals surface area contributed by atoms with Crippen molar-refractivity contribution in [2.24, 2.45) is 5.92 Å². The molecule has 23 heavy (non-hydrogen) atoms. The third-order valence-electron chi connectivity index (χ3n) is 4.02. The van der Waals surface area contributed by atoms with Crippen molar-refractivity contribution in [2.45, 2.75) is 6.42 Å². The van der Waals surface area contributed by atoms with Crippen LogP contribution in [0.4, 0.5) is 15.9 Å². The number of nitrogens with one attached hydrogen (secondary N) is 1. The van der Waals surface area contributed by atoms with E-state index in [0.717, 1.165) is 31.7 Å². The molecule has 120 valence electrons. The largest absolute Gasteiger partial charge is 0.477 e. The van der Waals surface area contributed by atoms with E-state index < -0.39 is 5.97 Å². The van der Waals surface area contributed by atoms with E-state index in [-0.39, 0.29) is 11.5 Å². The molecule has 2 N–H and O–H groups in total. The molecule has 0 saturated carbocycles. The Balaban J connectivity index is 1.55. The van der Waals surface area contributed by atoms with Gasteiger partial charge in [-0.15, -0.1) is 0 Å². The number of aromatic carboxylic acids is 1. The molecule has 0 bridgehead atoms. The van der Waals surface area contributed by atoms with Gasteiger partial charge in [0.15, 0.2) is 5.69 Å². The Bertz CT molecular complexity index is 690. The Morgan fingerprint density at radius 1 is 1.30 bits per heavy atom. The van der Waals surface area contributed by atoms with E-state index in [9.17, 15) is 9.18 Å². The number of aromatic nitrogens is 1. The molecule has 0 radical (unpaired) electrons. The van der Waals surface area contributed by atoms with Crippen molar-refractivity contribution in [3.05, 3.63) is 54.0 Å². The number of hydrogen-bond acceptors (Lipinski definition) is 4. The van der Waals surface area contributed by atoms with Gasteiger partial charge in [-0.05, 0) is 48.7 Å². The van der Waals surface area contributed by atoms with Gasteiger partial charge in [0.1, 0.15) is 11.6 Å². The van der Waals surface area contributed by atoms with Gasteiger partial charge in [-0.1, -0.05) is 6.07 Å². The molecule has 3 rings (SSSR count). The van der Waals surface area contributed by atoms with Crippen LogP contribution >= 0.6 is 0 Å². The van der Waals surface area contributed by atoms with Crippen molar-refractivity contribution in [3.63, 3.8) is 0 Å². The topological polar surface area (TPSA) is 65.5 Å². The molecule has 1 saturated heterocycles. The van der Waals surface area contributed by atoms with Crippen LogP contribution in [0.2, 0.25) is 0 Å². The van der Waals surface area contributed by atoms with Gasteiger partial charge in [0.2, 0.25) is 0 Å². The standard InChI is InChI=1S/C17H18FN3O2/c18-13-4-6-14(7-5-13)21-9-8-12(11-21)10-19-16-3-1-2-15(20-16)17(22)23/h1-7,12H,8-11H2,(H,19,20)(H,22,23). The van der Waals surface area contributed by atoms with Crippen molar-refractivity contribution in [3.8, 4) is 0 Å². The number of carbonyl (C=O) groups is 1. The van der Waals surface area contributed by atoms with E-state index >= 15 is 0 Å². The maximum Gasteiger partial charge on any atom is 0.354 e. The Hall–Kier alpha value is -2.63. The van der Waals surface area contributed by atoms with Crippen LogP contribution < -0.4 is 10.2 Å². The van der Waals surface area contributed by atoms with Crippen LogP contribution in [0.3, 0.4) is 0 Å². The molecule has 1 aliphatic rings. The van der Waals surface area contributed by atoms with Gasteiger partial charge >= 0.3 is 5.97 Å². The molecule has 1 aromatic carbocycles. The van der Waals surface area contributed by atoms with Gasteiger partial charge < -0.3 is 15.3 Å². The summed E-state index contributed by atoms with van der Waals surface area (Å²) in [4.78, 5) is 17.2. The predicted molar refractivity (Wildman–Crippen MR) is 86.4 cm³/mol. The molecule has 0 aliphatic carbocycles. The molecule has 5 nitrogen and oxygen atoms in total. The van der Waals surface area contributed by atoms with Crippen molar-refractivity contribution >= 4 is 17.5 Å². The third kappa shape index (κ3) is 3.77. The van der Waals surface area contributed by atoms with E-state index in [1.54, 1.807) is 24.3 Å². The van der Waals surface area contributed by atoms with E-state index in [4.69, 9.17) is 5.11 Å². The van der Waals surface area contributed by atoms with E-state index in [1.165, 1.54) is 18.2 Å². The number of anilines is 2. The monoisotopic (exact) mass is 315 g/mol. The van der Waals surface area contributed by atoms with Gasteiger partial charge in [-0.2, -0.15) is 0 Å². The van der Waals surface area contributed by atoms with Crippen LogP contribution in [-0.2, 0) is 0 Å². The summed E-state index contributed by atoms with van der Waals surface area (Å²) in [6.45, 7) is 2.55. The number of carboxylic acid groups (broad SMARTS) is 1. The lowest BCUT2D eigenvalue weighted by Crippen LogP contribution is -2.22. The summed E-state index contributed by atoms with van der Waals surface area (Å²) in [5.41, 5.74) is 1.06. The zero-order valence-electron chi connectivity index (χ0n) is 12.6. The van der Waals surface area contributed by atoms with Crippen molar-refractivity contribution < 1.29 is 14.3 Å². The smallest absolute Gasteiger partial charge is 0.354 e. The molecular weight excluding hydrogens is 297 g/mol. The Morgan fingerprint density at radius 2 is 2.09 bits per heavy atom. The number of halogens is 1. The highest BCUT2D eigenvalue weighted by Gasteiger charge is 2.22. The summed E-state index contributed by atoms with van der Waals surface area (Å²) < 4.78 is 13.0. The van der Waals surface area contributed by atoms with E-state index in [0.29, 0.717) is 11.7 Å².